The van der Waals surface area contributed by atoms with Gasteiger partial charge in [0.25, 0.3) is 0 Å². The zero-order valence-electron chi connectivity index (χ0n) is 10.5. The molecule has 0 saturated heterocycles. The van der Waals surface area contributed by atoms with E-state index < -0.39 is 0 Å². The van der Waals surface area contributed by atoms with Crippen LogP contribution in [0.3, 0.4) is 0 Å². The summed E-state index contributed by atoms with van der Waals surface area (Å²) in [6, 6.07) is 8.30. The fourth-order valence-corrected chi connectivity index (χ4v) is 2.00. The van der Waals surface area contributed by atoms with Crippen LogP contribution in [0, 0.1) is 0 Å². The standard InChI is InChI=1S/C13H21ClN2/c1-10(16(4)9-13(2,3)15)11-6-5-7-12(14)8-11/h5-8,10H,9,15H2,1-4H3. The third-order valence-corrected chi connectivity index (χ3v) is 2.88. The van der Waals surface area contributed by atoms with E-state index in [-0.39, 0.29) is 5.54 Å². The normalized spacial score (nSPS) is 14.2. The summed E-state index contributed by atoms with van der Waals surface area (Å²) in [5, 5.41) is 0.782. The van der Waals surface area contributed by atoms with Crippen molar-refractivity contribution in [3.05, 3.63) is 34.9 Å². The fourth-order valence-electron chi connectivity index (χ4n) is 1.80. The smallest absolute Gasteiger partial charge is 0.0409 e. The lowest BCUT2D eigenvalue weighted by molar-refractivity contribution is 0.215. The van der Waals surface area contributed by atoms with E-state index in [4.69, 9.17) is 17.3 Å². The average molecular weight is 241 g/mol. The highest BCUT2D eigenvalue weighted by atomic mass is 35.5. The van der Waals surface area contributed by atoms with Crippen LogP contribution in [-0.4, -0.2) is 24.0 Å². The first-order valence-electron chi connectivity index (χ1n) is 5.54. The van der Waals surface area contributed by atoms with E-state index in [1.165, 1.54) is 5.56 Å². The summed E-state index contributed by atoms with van der Waals surface area (Å²) < 4.78 is 0. The Balaban J connectivity index is 2.74. The van der Waals surface area contributed by atoms with E-state index in [0.717, 1.165) is 11.6 Å². The van der Waals surface area contributed by atoms with Gasteiger partial charge in [-0.05, 0) is 45.5 Å². The van der Waals surface area contributed by atoms with Crippen molar-refractivity contribution in [1.82, 2.24) is 4.90 Å². The van der Waals surface area contributed by atoms with Crippen molar-refractivity contribution in [3.8, 4) is 0 Å². The highest BCUT2D eigenvalue weighted by Gasteiger charge is 2.18. The second-order valence-corrected chi connectivity index (χ2v) is 5.57. The van der Waals surface area contributed by atoms with Gasteiger partial charge >= 0.3 is 0 Å². The van der Waals surface area contributed by atoms with Gasteiger partial charge in [0.15, 0.2) is 0 Å². The Hall–Kier alpha value is -0.570. The minimum atomic E-state index is -0.179. The summed E-state index contributed by atoms with van der Waals surface area (Å²) >= 11 is 5.98. The van der Waals surface area contributed by atoms with Crippen molar-refractivity contribution in [1.29, 1.82) is 0 Å². The minimum Gasteiger partial charge on any atom is -0.324 e. The molecule has 0 amide bonds. The average Bonchev–Trinajstić information content (AvgIpc) is 2.14. The highest BCUT2D eigenvalue weighted by Crippen LogP contribution is 2.22. The number of halogens is 1. The summed E-state index contributed by atoms with van der Waals surface area (Å²) in [6.07, 6.45) is 0. The van der Waals surface area contributed by atoms with E-state index >= 15 is 0 Å². The Kier molecular flexibility index (Phi) is 4.36. The maximum absolute atomic E-state index is 6.01. The van der Waals surface area contributed by atoms with Gasteiger partial charge in [-0.25, -0.2) is 0 Å². The second-order valence-electron chi connectivity index (χ2n) is 5.13. The van der Waals surface area contributed by atoms with Gasteiger partial charge in [0.05, 0.1) is 0 Å². The van der Waals surface area contributed by atoms with Gasteiger partial charge in [0, 0.05) is 23.1 Å². The Morgan fingerprint density at radius 1 is 1.44 bits per heavy atom. The van der Waals surface area contributed by atoms with Gasteiger partial charge in [-0.3, -0.25) is 4.90 Å². The summed E-state index contributed by atoms with van der Waals surface area (Å²) in [5.41, 5.74) is 7.06. The molecule has 0 heterocycles. The van der Waals surface area contributed by atoms with Crippen LogP contribution in [0.15, 0.2) is 24.3 Å². The molecule has 1 unspecified atom stereocenters. The molecule has 2 N–H and O–H groups in total. The summed E-state index contributed by atoms with van der Waals surface area (Å²) in [7, 11) is 2.08. The Labute approximate surface area is 103 Å². The molecule has 1 atom stereocenters. The molecule has 0 aliphatic carbocycles. The minimum absolute atomic E-state index is 0.179. The van der Waals surface area contributed by atoms with Crippen LogP contribution in [0.2, 0.25) is 5.02 Å². The fraction of sp³-hybridized carbons (Fsp3) is 0.538. The SMILES string of the molecule is CC(c1cccc(Cl)c1)N(C)CC(C)(C)N. The molecule has 1 aromatic carbocycles. The molecule has 0 spiro atoms. The van der Waals surface area contributed by atoms with Crippen LogP contribution in [0.25, 0.3) is 0 Å². The van der Waals surface area contributed by atoms with Gasteiger partial charge in [0.2, 0.25) is 0 Å². The van der Waals surface area contributed by atoms with Crippen molar-refractivity contribution in [2.24, 2.45) is 5.73 Å². The van der Waals surface area contributed by atoms with Gasteiger partial charge in [-0.1, -0.05) is 23.7 Å². The first kappa shape index (κ1) is 13.5. The third kappa shape index (κ3) is 4.12. The lowest BCUT2D eigenvalue weighted by atomic mass is 10.0. The third-order valence-electron chi connectivity index (χ3n) is 2.65. The number of nitrogens with two attached hydrogens (primary N) is 1. The predicted octanol–water partition coefficient (Wildman–Crippen LogP) is 3.07. The number of benzene rings is 1. The molecule has 0 bridgehead atoms. The van der Waals surface area contributed by atoms with E-state index in [1.54, 1.807) is 0 Å². The van der Waals surface area contributed by atoms with Crippen molar-refractivity contribution in [2.75, 3.05) is 13.6 Å². The van der Waals surface area contributed by atoms with Crippen molar-refractivity contribution < 1.29 is 0 Å². The van der Waals surface area contributed by atoms with E-state index in [2.05, 4.69) is 24.9 Å². The molecule has 0 radical (unpaired) electrons. The second kappa shape index (κ2) is 5.17. The molecule has 16 heavy (non-hydrogen) atoms. The van der Waals surface area contributed by atoms with E-state index in [0.29, 0.717) is 6.04 Å². The van der Waals surface area contributed by atoms with Gasteiger partial charge in [-0.15, -0.1) is 0 Å². The molecule has 1 aromatic rings. The largest absolute Gasteiger partial charge is 0.324 e. The van der Waals surface area contributed by atoms with Gasteiger partial charge in [0.1, 0.15) is 0 Å². The van der Waals surface area contributed by atoms with Crippen LogP contribution < -0.4 is 5.73 Å². The molecule has 0 aliphatic rings. The van der Waals surface area contributed by atoms with Gasteiger partial charge in [-0.2, -0.15) is 0 Å². The predicted molar refractivity (Wildman–Crippen MR) is 70.8 cm³/mol. The lowest BCUT2D eigenvalue weighted by Gasteiger charge is -2.31. The molecule has 0 aliphatic heterocycles. The molecule has 0 fully saturated rings. The zero-order chi connectivity index (χ0) is 12.3. The van der Waals surface area contributed by atoms with Crippen molar-refractivity contribution in [2.45, 2.75) is 32.4 Å². The number of hydrogen-bond donors (Lipinski definition) is 1. The first-order chi connectivity index (χ1) is 7.29. The zero-order valence-corrected chi connectivity index (χ0v) is 11.3. The summed E-state index contributed by atoms with van der Waals surface area (Å²) in [6.45, 7) is 7.08. The first-order valence-corrected chi connectivity index (χ1v) is 5.92. The number of nitrogens with zero attached hydrogens (tertiary/aromatic N) is 1. The van der Waals surface area contributed by atoms with Crippen LogP contribution in [0.5, 0.6) is 0 Å². The van der Waals surface area contributed by atoms with Crippen molar-refractivity contribution >= 4 is 11.6 Å². The molecular weight excluding hydrogens is 220 g/mol. The van der Waals surface area contributed by atoms with Crippen molar-refractivity contribution in [3.63, 3.8) is 0 Å². The monoisotopic (exact) mass is 240 g/mol. The molecule has 90 valence electrons. The van der Waals surface area contributed by atoms with Gasteiger partial charge < -0.3 is 5.73 Å². The highest BCUT2D eigenvalue weighted by molar-refractivity contribution is 6.30. The van der Waals surface area contributed by atoms with E-state index in [9.17, 15) is 0 Å². The van der Waals surface area contributed by atoms with Crippen LogP contribution in [-0.2, 0) is 0 Å². The van der Waals surface area contributed by atoms with Crippen LogP contribution >= 0.6 is 11.6 Å². The van der Waals surface area contributed by atoms with Crippen LogP contribution in [0.1, 0.15) is 32.4 Å². The molecule has 1 rings (SSSR count). The topological polar surface area (TPSA) is 29.3 Å². The molecule has 0 saturated carbocycles. The number of likely N-dealkylation sites (N-methyl/N-ethyl adjacent to an activating group) is 1. The number of hydrogen-bond acceptors (Lipinski definition) is 2. The molecular formula is C13H21ClN2. The molecule has 2 nitrogen and oxygen atoms in total. The maximum atomic E-state index is 6.01. The quantitative estimate of drug-likeness (QED) is 0.877. The van der Waals surface area contributed by atoms with Crippen LogP contribution in [0.4, 0.5) is 0 Å². The Morgan fingerprint density at radius 2 is 2.06 bits per heavy atom. The Morgan fingerprint density at radius 3 is 2.56 bits per heavy atom. The Bertz CT molecular complexity index is 344. The maximum Gasteiger partial charge on any atom is 0.0409 e. The summed E-state index contributed by atoms with van der Waals surface area (Å²) in [4.78, 5) is 2.24. The van der Waals surface area contributed by atoms with E-state index in [1.807, 2.05) is 32.0 Å². The summed E-state index contributed by atoms with van der Waals surface area (Å²) in [5.74, 6) is 0. The lowest BCUT2D eigenvalue weighted by Crippen LogP contribution is -2.44. The number of rotatable bonds is 4. The molecule has 0 aromatic heterocycles. The molecule has 3 heteroatoms.